The van der Waals surface area contributed by atoms with E-state index in [-0.39, 0.29) is 17.0 Å². The fourth-order valence-corrected chi connectivity index (χ4v) is 9.98. The van der Waals surface area contributed by atoms with Gasteiger partial charge in [-0.25, -0.2) is 0 Å². The minimum atomic E-state index is -0.337. The number of nitrogens with zero attached hydrogens (tertiary/aromatic N) is 2. The van der Waals surface area contributed by atoms with E-state index in [0.717, 1.165) is 12.8 Å². The van der Waals surface area contributed by atoms with Crippen molar-refractivity contribution in [2.45, 2.75) is 78.3 Å². The Morgan fingerprint density at radius 3 is 1.35 bits per heavy atom. The van der Waals surface area contributed by atoms with Gasteiger partial charge in [-0.2, -0.15) is 0 Å². The Bertz CT molecular complexity index is 2960. The van der Waals surface area contributed by atoms with Crippen molar-refractivity contribution in [3.8, 4) is 11.1 Å². The second-order valence-corrected chi connectivity index (χ2v) is 18.8. The van der Waals surface area contributed by atoms with E-state index in [9.17, 15) is 0 Å². The molecule has 66 heavy (non-hydrogen) atoms. The maximum atomic E-state index is 2.56. The second kappa shape index (κ2) is 18.7. The number of fused-ring (bicyclic) bond motifs is 3. The molecule has 1 aliphatic carbocycles. The molecule has 0 saturated heterocycles. The fraction of sp³-hybridized carbons (Fsp3) is 0.188. The maximum absolute atomic E-state index is 2.56. The van der Waals surface area contributed by atoms with Gasteiger partial charge in [0.1, 0.15) is 0 Å². The summed E-state index contributed by atoms with van der Waals surface area (Å²) in [4.78, 5) is 5.10. The summed E-state index contributed by atoms with van der Waals surface area (Å²) in [6, 6.07) is 71.9. The molecule has 0 spiro atoms. The Morgan fingerprint density at radius 2 is 0.879 bits per heavy atom. The average molecular weight is 859 g/mol. The predicted octanol–water partition coefficient (Wildman–Crippen LogP) is 17.7. The summed E-state index contributed by atoms with van der Waals surface area (Å²) >= 11 is 0. The molecule has 0 aromatic heterocycles. The summed E-state index contributed by atoms with van der Waals surface area (Å²) in [6.45, 7) is 16.3. The predicted molar refractivity (Wildman–Crippen MR) is 285 cm³/mol. The van der Waals surface area contributed by atoms with Crippen LogP contribution in [-0.4, -0.2) is 0 Å². The summed E-state index contributed by atoms with van der Waals surface area (Å²) < 4.78 is 0. The van der Waals surface area contributed by atoms with Crippen molar-refractivity contribution in [3.63, 3.8) is 0 Å². The third-order valence-corrected chi connectivity index (χ3v) is 14.0. The molecular weight excluding hydrogens is 797 g/mol. The van der Waals surface area contributed by atoms with Gasteiger partial charge in [-0.1, -0.05) is 209 Å². The quantitative estimate of drug-likeness (QED) is 0.101. The van der Waals surface area contributed by atoms with E-state index in [1.165, 1.54) is 89.5 Å². The number of hydrogen-bond acceptors (Lipinski definition) is 2. The third-order valence-electron chi connectivity index (χ3n) is 14.0. The van der Waals surface area contributed by atoms with Crippen molar-refractivity contribution in [2.75, 3.05) is 9.80 Å². The zero-order valence-electron chi connectivity index (χ0n) is 39.7. The molecule has 8 aromatic rings. The highest BCUT2D eigenvalue weighted by Crippen LogP contribution is 2.52. The van der Waals surface area contributed by atoms with E-state index in [1.54, 1.807) is 0 Å². The molecule has 2 unspecified atom stereocenters. The minimum absolute atomic E-state index is 0.130. The van der Waals surface area contributed by atoms with Crippen molar-refractivity contribution in [1.29, 1.82) is 0 Å². The summed E-state index contributed by atoms with van der Waals surface area (Å²) in [5.74, 6) is 0. The Balaban J connectivity index is 1.06. The van der Waals surface area contributed by atoms with E-state index < -0.39 is 0 Å². The van der Waals surface area contributed by atoms with Crippen molar-refractivity contribution in [3.05, 3.63) is 250 Å². The van der Waals surface area contributed by atoms with Gasteiger partial charge < -0.3 is 9.80 Å². The van der Waals surface area contributed by atoms with Crippen LogP contribution in [0, 0.1) is 13.8 Å². The molecule has 0 saturated carbocycles. The first-order valence-electron chi connectivity index (χ1n) is 23.7. The van der Waals surface area contributed by atoms with Crippen LogP contribution < -0.4 is 9.80 Å². The third kappa shape index (κ3) is 8.81. The van der Waals surface area contributed by atoms with Crippen LogP contribution >= 0.6 is 0 Å². The van der Waals surface area contributed by atoms with Gasteiger partial charge in [0.2, 0.25) is 0 Å². The highest BCUT2D eigenvalue weighted by molar-refractivity contribution is 5.83. The van der Waals surface area contributed by atoms with Crippen LogP contribution in [0.2, 0.25) is 0 Å². The van der Waals surface area contributed by atoms with E-state index in [1.807, 2.05) is 0 Å². The summed E-state index contributed by atoms with van der Waals surface area (Å²) in [5, 5.41) is 0. The van der Waals surface area contributed by atoms with Gasteiger partial charge in [-0.15, -0.1) is 0 Å². The lowest BCUT2D eigenvalue weighted by molar-refractivity contribution is 0.462. The fourth-order valence-electron chi connectivity index (χ4n) is 9.98. The van der Waals surface area contributed by atoms with Gasteiger partial charge in [0.15, 0.2) is 0 Å². The van der Waals surface area contributed by atoms with Gasteiger partial charge in [-0.3, -0.25) is 0 Å². The molecule has 2 atom stereocenters. The first-order chi connectivity index (χ1) is 32.0. The Kier molecular flexibility index (Phi) is 12.5. The molecule has 0 N–H and O–H groups in total. The monoisotopic (exact) mass is 858 g/mol. The highest BCUT2D eigenvalue weighted by Gasteiger charge is 2.40. The Hall–Kier alpha value is -7.16. The topological polar surface area (TPSA) is 6.48 Å². The first-order valence-corrected chi connectivity index (χ1v) is 23.7. The molecule has 2 nitrogen and oxygen atoms in total. The summed E-state index contributed by atoms with van der Waals surface area (Å²) in [7, 11) is 0. The van der Waals surface area contributed by atoms with Gasteiger partial charge in [-0.05, 0) is 138 Å². The molecular formula is C64H62N2. The number of benzene rings is 8. The van der Waals surface area contributed by atoms with Gasteiger partial charge >= 0.3 is 0 Å². The van der Waals surface area contributed by atoms with Crippen molar-refractivity contribution in [2.24, 2.45) is 0 Å². The first kappa shape index (κ1) is 44.1. The molecule has 8 aromatic carbocycles. The SMILES string of the molecule is CCC(c1ccc2c(c1)C(C)(C)c1cc(C(C)(CC)N(c3ccc(C)cc3)c3ccc(/C=C/c4ccccc4)cc3)ccc1-2)N(c1ccc(C)cc1)c1ccc(/C=C/c2ccccc2)cc1. The lowest BCUT2D eigenvalue weighted by atomic mass is 9.78. The largest absolute Gasteiger partial charge is 0.334 e. The summed E-state index contributed by atoms with van der Waals surface area (Å²) in [6.07, 6.45) is 10.6. The van der Waals surface area contributed by atoms with Crippen LogP contribution in [0.3, 0.4) is 0 Å². The summed E-state index contributed by atoms with van der Waals surface area (Å²) in [5.41, 5.74) is 19.6. The Labute approximate surface area is 394 Å². The number of hydrogen-bond donors (Lipinski definition) is 0. The standard InChI is InChI=1S/C64H62N2/c1-8-62(65(54-34-20-46(3)21-35-54)55-38-28-50(29-39-55)26-24-48-16-12-10-13-17-48)52-32-42-58-59-43-33-53(45-61(59)63(5,6)60(58)44-52)64(7,9-2)66(56-36-22-47(4)23-37-56)57-40-30-51(31-41-57)27-25-49-18-14-11-15-19-49/h10-45,62H,8-9H2,1-7H3/b26-24+,27-25+. The molecule has 0 heterocycles. The lowest BCUT2D eigenvalue weighted by Crippen LogP contribution is -2.40. The van der Waals surface area contributed by atoms with Crippen LogP contribution in [0.1, 0.15) is 109 Å². The lowest BCUT2D eigenvalue weighted by Gasteiger charge is -2.44. The number of aryl methyl sites for hydroxylation is 2. The molecule has 0 aliphatic heterocycles. The van der Waals surface area contributed by atoms with E-state index in [2.05, 4.69) is 277 Å². The van der Waals surface area contributed by atoms with Crippen LogP contribution in [-0.2, 0) is 11.0 Å². The molecule has 2 heteroatoms. The van der Waals surface area contributed by atoms with E-state index in [0.29, 0.717) is 0 Å². The molecule has 328 valence electrons. The smallest absolute Gasteiger partial charge is 0.0671 e. The van der Waals surface area contributed by atoms with Crippen LogP contribution in [0.25, 0.3) is 35.4 Å². The normalized spacial score (nSPS) is 14.2. The molecule has 0 bridgehead atoms. The van der Waals surface area contributed by atoms with Gasteiger partial charge in [0.05, 0.1) is 11.6 Å². The van der Waals surface area contributed by atoms with Crippen molar-refractivity contribution < 1.29 is 0 Å². The molecule has 0 amide bonds. The van der Waals surface area contributed by atoms with Gasteiger partial charge in [0, 0.05) is 28.2 Å². The maximum Gasteiger partial charge on any atom is 0.0671 e. The highest BCUT2D eigenvalue weighted by atomic mass is 15.2. The van der Waals surface area contributed by atoms with E-state index >= 15 is 0 Å². The average Bonchev–Trinajstić information content (AvgIpc) is 3.58. The number of anilines is 4. The molecule has 0 fully saturated rings. The van der Waals surface area contributed by atoms with Gasteiger partial charge in [0.25, 0.3) is 0 Å². The van der Waals surface area contributed by atoms with Crippen LogP contribution in [0.15, 0.2) is 194 Å². The second-order valence-electron chi connectivity index (χ2n) is 18.8. The van der Waals surface area contributed by atoms with Crippen LogP contribution in [0.4, 0.5) is 22.7 Å². The van der Waals surface area contributed by atoms with Crippen molar-refractivity contribution in [1.82, 2.24) is 0 Å². The number of rotatable bonds is 14. The molecule has 9 rings (SSSR count). The molecule has 0 radical (unpaired) electrons. The molecule has 1 aliphatic rings. The Morgan fingerprint density at radius 1 is 0.470 bits per heavy atom. The zero-order valence-corrected chi connectivity index (χ0v) is 39.7. The van der Waals surface area contributed by atoms with Crippen LogP contribution in [0.5, 0.6) is 0 Å². The minimum Gasteiger partial charge on any atom is -0.334 e. The van der Waals surface area contributed by atoms with E-state index in [4.69, 9.17) is 0 Å². The zero-order chi connectivity index (χ0) is 45.8. The van der Waals surface area contributed by atoms with Crippen molar-refractivity contribution >= 4 is 47.1 Å².